The first-order valence-corrected chi connectivity index (χ1v) is 6.65. The molecule has 0 saturated heterocycles. The van der Waals surface area contributed by atoms with Crippen molar-refractivity contribution in [1.82, 2.24) is 4.98 Å². The zero-order valence-corrected chi connectivity index (χ0v) is 11.4. The van der Waals surface area contributed by atoms with Gasteiger partial charge in [0.1, 0.15) is 0 Å². The molecule has 0 aliphatic heterocycles. The predicted molar refractivity (Wildman–Crippen MR) is 79.2 cm³/mol. The minimum absolute atomic E-state index is 0.0693. The van der Waals surface area contributed by atoms with E-state index in [0.29, 0.717) is 18.2 Å². The molecular formula is C16H18N2O2. The second kappa shape index (κ2) is 6.70. The third-order valence-electron chi connectivity index (χ3n) is 3.27. The molecular weight excluding hydrogens is 252 g/mol. The number of aromatic nitrogens is 1. The van der Waals surface area contributed by atoms with Crippen LogP contribution >= 0.6 is 0 Å². The number of nitrogens with zero attached hydrogens (tertiary/aromatic N) is 1. The van der Waals surface area contributed by atoms with Crippen LogP contribution in [-0.2, 0) is 0 Å². The fourth-order valence-corrected chi connectivity index (χ4v) is 2.09. The van der Waals surface area contributed by atoms with Gasteiger partial charge in [0, 0.05) is 12.7 Å². The van der Waals surface area contributed by atoms with Crippen molar-refractivity contribution in [2.24, 2.45) is 0 Å². The van der Waals surface area contributed by atoms with Crippen LogP contribution in [0, 0.1) is 0 Å². The van der Waals surface area contributed by atoms with Gasteiger partial charge in [0.2, 0.25) is 0 Å². The standard InChI is InChI=1S/C16H18N2O2/c1-12(13-6-3-2-4-7-13)9-11-17-14-8-5-10-18-15(14)16(19)20/h2-8,10,12,17H,9,11H2,1H3,(H,19,20). The maximum Gasteiger partial charge on any atom is 0.356 e. The molecule has 1 atom stereocenters. The number of carboxylic acids is 1. The number of aromatic carboxylic acids is 1. The molecule has 104 valence electrons. The van der Waals surface area contributed by atoms with Crippen LogP contribution in [0.1, 0.15) is 35.3 Å². The lowest BCUT2D eigenvalue weighted by molar-refractivity contribution is 0.0691. The first kappa shape index (κ1) is 14.1. The molecule has 0 saturated carbocycles. The second-order valence-corrected chi connectivity index (χ2v) is 4.73. The molecule has 0 amide bonds. The Hall–Kier alpha value is -2.36. The first-order chi connectivity index (χ1) is 9.68. The van der Waals surface area contributed by atoms with E-state index in [1.54, 1.807) is 12.1 Å². The lowest BCUT2D eigenvalue weighted by Gasteiger charge is -2.13. The Morgan fingerprint density at radius 3 is 2.70 bits per heavy atom. The summed E-state index contributed by atoms with van der Waals surface area (Å²) in [6, 6.07) is 13.8. The first-order valence-electron chi connectivity index (χ1n) is 6.65. The van der Waals surface area contributed by atoms with Crippen molar-refractivity contribution in [3.05, 3.63) is 59.9 Å². The minimum atomic E-state index is -1.01. The zero-order chi connectivity index (χ0) is 14.4. The van der Waals surface area contributed by atoms with Gasteiger partial charge in [0.25, 0.3) is 0 Å². The number of rotatable bonds is 6. The molecule has 2 aromatic rings. The average Bonchev–Trinajstić information content (AvgIpc) is 2.48. The van der Waals surface area contributed by atoms with Gasteiger partial charge in [0.05, 0.1) is 5.69 Å². The smallest absolute Gasteiger partial charge is 0.356 e. The summed E-state index contributed by atoms with van der Waals surface area (Å²) in [6.07, 6.45) is 2.42. The molecule has 1 unspecified atom stereocenters. The molecule has 1 aromatic heterocycles. The molecule has 2 N–H and O–H groups in total. The summed E-state index contributed by atoms with van der Waals surface area (Å²) in [5, 5.41) is 12.2. The summed E-state index contributed by atoms with van der Waals surface area (Å²) in [5.41, 5.74) is 1.93. The van der Waals surface area contributed by atoms with E-state index in [1.807, 2.05) is 18.2 Å². The summed E-state index contributed by atoms with van der Waals surface area (Å²) in [7, 11) is 0. The van der Waals surface area contributed by atoms with Crippen LogP contribution < -0.4 is 5.32 Å². The number of hydrogen-bond donors (Lipinski definition) is 2. The molecule has 1 aromatic carbocycles. The number of carboxylic acid groups (broad SMARTS) is 1. The van der Waals surface area contributed by atoms with Crippen molar-refractivity contribution >= 4 is 11.7 Å². The zero-order valence-electron chi connectivity index (χ0n) is 11.4. The van der Waals surface area contributed by atoms with E-state index in [-0.39, 0.29) is 5.69 Å². The van der Waals surface area contributed by atoms with E-state index in [0.717, 1.165) is 6.42 Å². The monoisotopic (exact) mass is 270 g/mol. The Bertz CT molecular complexity index is 570. The molecule has 20 heavy (non-hydrogen) atoms. The van der Waals surface area contributed by atoms with Gasteiger partial charge in [-0.1, -0.05) is 37.3 Å². The van der Waals surface area contributed by atoms with Gasteiger partial charge in [-0.15, -0.1) is 0 Å². The van der Waals surface area contributed by atoms with Crippen LogP contribution in [-0.4, -0.2) is 22.6 Å². The van der Waals surface area contributed by atoms with Crippen molar-refractivity contribution in [3.63, 3.8) is 0 Å². The summed E-state index contributed by atoms with van der Waals surface area (Å²) in [6.45, 7) is 2.88. The van der Waals surface area contributed by atoms with Gasteiger partial charge in [-0.3, -0.25) is 0 Å². The molecule has 0 radical (unpaired) electrons. The van der Waals surface area contributed by atoms with E-state index in [1.165, 1.54) is 11.8 Å². The van der Waals surface area contributed by atoms with Crippen LogP contribution in [0.25, 0.3) is 0 Å². The third-order valence-corrected chi connectivity index (χ3v) is 3.27. The number of anilines is 1. The molecule has 4 heteroatoms. The Morgan fingerprint density at radius 2 is 2.00 bits per heavy atom. The highest BCUT2D eigenvalue weighted by Crippen LogP contribution is 2.19. The van der Waals surface area contributed by atoms with Gasteiger partial charge in [0.15, 0.2) is 5.69 Å². The van der Waals surface area contributed by atoms with Gasteiger partial charge < -0.3 is 10.4 Å². The van der Waals surface area contributed by atoms with Crippen molar-refractivity contribution in [3.8, 4) is 0 Å². The lowest BCUT2D eigenvalue weighted by Crippen LogP contribution is -2.11. The third kappa shape index (κ3) is 3.57. The molecule has 2 rings (SSSR count). The minimum Gasteiger partial charge on any atom is -0.476 e. The van der Waals surface area contributed by atoms with E-state index in [2.05, 4.69) is 29.4 Å². The Balaban J connectivity index is 1.92. The second-order valence-electron chi connectivity index (χ2n) is 4.73. The largest absolute Gasteiger partial charge is 0.476 e. The number of carbonyl (C=O) groups is 1. The summed E-state index contributed by atoms with van der Waals surface area (Å²) >= 11 is 0. The van der Waals surface area contributed by atoms with E-state index < -0.39 is 5.97 Å². The van der Waals surface area contributed by atoms with Crippen LogP contribution in [0.15, 0.2) is 48.7 Å². The molecule has 1 heterocycles. The molecule has 4 nitrogen and oxygen atoms in total. The Morgan fingerprint density at radius 1 is 1.25 bits per heavy atom. The fraction of sp³-hybridized carbons (Fsp3) is 0.250. The van der Waals surface area contributed by atoms with Crippen LogP contribution in [0.3, 0.4) is 0 Å². The predicted octanol–water partition coefficient (Wildman–Crippen LogP) is 3.39. The van der Waals surface area contributed by atoms with E-state index >= 15 is 0 Å². The lowest BCUT2D eigenvalue weighted by atomic mass is 9.98. The van der Waals surface area contributed by atoms with Crippen LogP contribution in [0.4, 0.5) is 5.69 Å². The molecule has 0 aliphatic carbocycles. The number of nitrogens with one attached hydrogen (secondary N) is 1. The van der Waals surface area contributed by atoms with E-state index in [4.69, 9.17) is 5.11 Å². The van der Waals surface area contributed by atoms with E-state index in [9.17, 15) is 4.79 Å². The topological polar surface area (TPSA) is 62.2 Å². The van der Waals surface area contributed by atoms with Crippen LogP contribution in [0.2, 0.25) is 0 Å². The number of benzene rings is 1. The molecule has 0 bridgehead atoms. The highest BCUT2D eigenvalue weighted by atomic mass is 16.4. The van der Waals surface area contributed by atoms with Crippen molar-refractivity contribution in [2.75, 3.05) is 11.9 Å². The Labute approximate surface area is 118 Å². The van der Waals surface area contributed by atoms with Crippen LogP contribution in [0.5, 0.6) is 0 Å². The summed E-state index contributed by atoms with van der Waals surface area (Å²) in [5.74, 6) is -0.585. The quantitative estimate of drug-likeness (QED) is 0.844. The van der Waals surface area contributed by atoms with Gasteiger partial charge >= 0.3 is 5.97 Å². The summed E-state index contributed by atoms with van der Waals surface area (Å²) in [4.78, 5) is 14.9. The fourth-order valence-electron chi connectivity index (χ4n) is 2.09. The number of pyridine rings is 1. The number of hydrogen-bond acceptors (Lipinski definition) is 3. The highest BCUT2D eigenvalue weighted by molar-refractivity contribution is 5.91. The average molecular weight is 270 g/mol. The maximum atomic E-state index is 11.0. The summed E-state index contributed by atoms with van der Waals surface area (Å²) < 4.78 is 0. The van der Waals surface area contributed by atoms with Crippen molar-refractivity contribution < 1.29 is 9.90 Å². The SMILES string of the molecule is CC(CCNc1cccnc1C(=O)O)c1ccccc1. The van der Waals surface area contributed by atoms with Crippen molar-refractivity contribution in [1.29, 1.82) is 0 Å². The Kier molecular flexibility index (Phi) is 4.71. The van der Waals surface area contributed by atoms with Crippen molar-refractivity contribution in [2.45, 2.75) is 19.3 Å². The highest BCUT2D eigenvalue weighted by Gasteiger charge is 2.11. The molecule has 0 aliphatic rings. The molecule has 0 spiro atoms. The molecule has 0 fully saturated rings. The van der Waals surface area contributed by atoms with Gasteiger partial charge in [-0.2, -0.15) is 0 Å². The normalized spacial score (nSPS) is 11.8. The van der Waals surface area contributed by atoms with Gasteiger partial charge in [-0.25, -0.2) is 9.78 Å². The maximum absolute atomic E-state index is 11.0. The van der Waals surface area contributed by atoms with Gasteiger partial charge in [-0.05, 0) is 30.0 Å².